The number of urea groups is 1. The number of nitrogens with two attached hydrogens (primary N) is 1. The number of amides is 4. The summed E-state index contributed by atoms with van der Waals surface area (Å²) >= 11 is 0. The fourth-order valence-corrected chi connectivity index (χ4v) is 4.93. The second-order valence-corrected chi connectivity index (χ2v) is 9.40. The van der Waals surface area contributed by atoms with E-state index in [0.717, 1.165) is 4.90 Å². The molecule has 12 nitrogen and oxygen atoms in total. The van der Waals surface area contributed by atoms with Gasteiger partial charge in [0.2, 0.25) is 15.9 Å². The monoisotopic (exact) mass is 463 g/mol. The van der Waals surface area contributed by atoms with Crippen LogP contribution in [0, 0.1) is 6.92 Å². The first-order valence-electron chi connectivity index (χ1n) is 9.88. The predicted octanol–water partition coefficient (Wildman–Crippen LogP) is -0.363. The number of aromatic nitrogens is 3. The molecule has 0 bridgehead atoms. The molecule has 0 spiro atoms. The van der Waals surface area contributed by atoms with Gasteiger partial charge in [-0.15, -0.1) is 0 Å². The van der Waals surface area contributed by atoms with Crippen LogP contribution in [0.1, 0.15) is 28.8 Å². The maximum Gasteiger partial charge on any atom is 0.314 e. The minimum Gasteiger partial charge on any atom is -0.351 e. The van der Waals surface area contributed by atoms with Gasteiger partial charge < -0.3 is 15.5 Å². The lowest BCUT2D eigenvalue weighted by molar-refractivity contribution is -0.132. The summed E-state index contributed by atoms with van der Waals surface area (Å²) in [4.78, 5) is 42.5. The third-order valence-electron chi connectivity index (χ3n) is 5.23. The van der Waals surface area contributed by atoms with Gasteiger partial charge in [0.05, 0.1) is 11.4 Å². The average Bonchev–Trinajstić information content (AvgIpc) is 3.39. The Kier molecular flexibility index (Phi) is 6.77. The molecule has 0 saturated carbocycles. The fourth-order valence-electron chi connectivity index (χ4n) is 3.59. The molecule has 0 unspecified atom stereocenters. The normalized spacial score (nSPS) is 16.1. The first kappa shape index (κ1) is 23.2. The van der Waals surface area contributed by atoms with Crippen LogP contribution < -0.4 is 10.5 Å². The lowest BCUT2D eigenvalue weighted by Gasteiger charge is -2.26. The lowest BCUT2D eigenvalue weighted by atomic mass is 10.1. The lowest BCUT2D eigenvalue weighted by Crippen LogP contribution is -2.48. The van der Waals surface area contributed by atoms with E-state index in [0.29, 0.717) is 30.6 Å². The molecule has 2 aromatic rings. The number of hydrogen-bond donors (Lipinski definition) is 2. The summed E-state index contributed by atoms with van der Waals surface area (Å²) in [6, 6.07) is 3.37. The molecule has 1 aromatic carbocycles. The number of likely N-dealkylation sites (tertiary alicyclic amines) is 1. The first-order valence-corrected chi connectivity index (χ1v) is 11.5. The van der Waals surface area contributed by atoms with Crippen LogP contribution in [0.25, 0.3) is 5.69 Å². The zero-order chi connectivity index (χ0) is 23.5. The molecular formula is C19H25N7O5S. The quantitative estimate of drug-likeness (QED) is 0.566. The van der Waals surface area contributed by atoms with Crippen molar-refractivity contribution in [3.63, 3.8) is 0 Å². The molecule has 3 rings (SSSR count). The molecule has 0 radical (unpaired) electrons. The summed E-state index contributed by atoms with van der Waals surface area (Å²) in [6.07, 6.45) is 4.01. The number of benzene rings is 1. The standard InChI is InChI=1S/C19H25N7O5S/c1-13-8-14(5-6-16(13)26-12-21-11-22-26)18(28)23-32(30,31)10-15-4-3-7-25(15)17(27)9-24(2)19(20)29/h5-6,8,11-12,15H,3-4,7,9-10H2,1-2H3,(H2,20,29)(H,23,28)/t15-/m0/s1. The smallest absolute Gasteiger partial charge is 0.314 e. The van der Waals surface area contributed by atoms with E-state index in [2.05, 4.69) is 14.8 Å². The minimum atomic E-state index is -4.02. The molecule has 1 aliphatic heterocycles. The van der Waals surface area contributed by atoms with Gasteiger partial charge in [-0.2, -0.15) is 5.10 Å². The fraction of sp³-hybridized carbons (Fsp3) is 0.421. The first-order chi connectivity index (χ1) is 15.1. The Hall–Kier alpha value is -3.48. The van der Waals surface area contributed by atoms with Crippen LogP contribution in [0.15, 0.2) is 30.9 Å². The molecule has 1 aromatic heterocycles. The number of likely N-dealkylation sites (N-methyl/N-ethyl adjacent to an activating group) is 1. The molecule has 3 N–H and O–H groups in total. The van der Waals surface area contributed by atoms with Crippen molar-refractivity contribution in [3.05, 3.63) is 42.0 Å². The van der Waals surface area contributed by atoms with E-state index in [1.807, 2.05) is 0 Å². The number of hydrogen-bond acceptors (Lipinski definition) is 7. The zero-order valence-corrected chi connectivity index (χ0v) is 18.6. The van der Waals surface area contributed by atoms with Crippen LogP contribution in [0.2, 0.25) is 0 Å². The van der Waals surface area contributed by atoms with Crippen LogP contribution in [-0.2, 0) is 14.8 Å². The van der Waals surface area contributed by atoms with E-state index in [4.69, 9.17) is 5.73 Å². The van der Waals surface area contributed by atoms with E-state index >= 15 is 0 Å². The van der Waals surface area contributed by atoms with Crippen LogP contribution in [-0.4, -0.2) is 82.8 Å². The summed E-state index contributed by atoms with van der Waals surface area (Å²) in [6.45, 7) is 1.91. The summed E-state index contributed by atoms with van der Waals surface area (Å²) in [5.74, 6) is -1.57. The number of rotatable bonds is 7. The van der Waals surface area contributed by atoms with E-state index in [1.165, 1.54) is 35.4 Å². The van der Waals surface area contributed by atoms with Gasteiger partial charge in [-0.25, -0.2) is 27.6 Å². The van der Waals surface area contributed by atoms with E-state index in [-0.39, 0.29) is 12.1 Å². The second kappa shape index (κ2) is 9.34. The number of aryl methyl sites for hydroxylation is 1. The number of sulfonamides is 1. The third-order valence-corrected chi connectivity index (χ3v) is 6.55. The minimum absolute atomic E-state index is 0.178. The van der Waals surface area contributed by atoms with Crippen molar-refractivity contribution in [2.75, 3.05) is 25.9 Å². The molecule has 1 fully saturated rings. The molecule has 0 aliphatic carbocycles. The Morgan fingerprint density at radius 1 is 1.31 bits per heavy atom. The Balaban J connectivity index is 1.65. The number of carbonyl (C=O) groups excluding carboxylic acids is 3. The van der Waals surface area contributed by atoms with Crippen LogP contribution >= 0.6 is 0 Å². The molecule has 1 aliphatic rings. The van der Waals surface area contributed by atoms with E-state index in [9.17, 15) is 22.8 Å². The van der Waals surface area contributed by atoms with Gasteiger partial charge in [0.25, 0.3) is 5.91 Å². The third kappa shape index (κ3) is 5.41. The maximum absolute atomic E-state index is 12.6. The summed E-state index contributed by atoms with van der Waals surface area (Å²) in [7, 11) is -2.63. The average molecular weight is 464 g/mol. The molecule has 13 heteroatoms. The van der Waals surface area contributed by atoms with Crippen molar-refractivity contribution >= 4 is 27.9 Å². The molecule has 32 heavy (non-hydrogen) atoms. The molecule has 1 saturated heterocycles. The SMILES string of the molecule is Cc1cc(C(=O)NS(=O)(=O)C[C@@H]2CCCN2C(=O)CN(C)C(N)=O)ccc1-n1cncn1. The van der Waals surface area contributed by atoms with Gasteiger partial charge in [-0.1, -0.05) is 0 Å². The molecule has 2 heterocycles. The van der Waals surface area contributed by atoms with Crippen LogP contribution in [0.5, 0.6) is 0 Å². The van der Waals surface area contributed by atoms with Crippen molar-refractivity contribution in [3.8, 4) is 5.69 Å². The molecular weight excluding hydrogens is 438 g/mol. The van der Waals surface area contributed by atoms with Crippen molar-refractivity contribution < 1.29 is 22.8 Å². The van der Waals surface area contributed by atoms with Gasteiger partial charge in [-0.3, -0.25) is 9.59 Å². The van der Waals surface area contributed by atoms with Crippen molar-refractivity contribution in [1.29, 1.82) is 0 Å². The molecule has 172 valence electrons. The number of nitrogens with zero attached hydrogens (tertiary/aromatic N) is 5. The highest BCUT2D eigenvalue weighted by Gasteiger charge is 2.33. The number of carbonyl (C=O) groups is 3. The van der Waals surface area contributed by atoms with E-state index < -0.39 is 39.7 Å². The van der Waals surface area contributed by atoms with E-state index in [1.54, 1.807) is 19.1 Å². The topological polar surface area (TPSA) is 161 Å². The van der Waals surface area contributed by atoms with Crippen molar-refractivity contribution in [1.82, 2.24) is 29.3 Å². The zero-order valence-electron chi connectivity index (χ0n) is 17.8. The van der Waals surface area contributed by atoms with Gasteiger partial charge in [0.1, 0.15) is 19.2 Å². The highest BCUT2D eigenvalue weighted by Crippen LogP contribution is 2.20. The Morgan fingerprint density at radius 3 is 2.69 bits per heavy atom. The number of nitrogens with one attached hydrogen (secondary N) is 1. The Bertz CT molecular complexity index is 1120. The van der Waals surface area contributed by atoms with Crippen molar-refractivity contribution in [2.24, 2.45) is 5.73 Å². The highest BCUT2D eigenvalue weighted by molar-refractivity contribution is 7.90. The Morgan fingerprint density at radius 2 is 2.06 bits per heavy atom. The summed E-state index contributed by atoms with van der Waals surface area (Å²) in [5, 5.41) is 4.04. The van der Waals surface area contributed by atoms with Gasteiger partial charge in [-0.05, 0) is 43.5 Å². The Labute approximate surface area is 185 Å². The van der Waals surface area contributed by atoms with Crippen molar-refractivity contribution in [2.45, 2.75) is 25.8 Å². The predicted molar refractivity (Wildman–Crippen MR) is 114 cm³/mol. The summed E-state index contributed by atoms with van der Waals surface area (Å²) in [5.41, 5.74) is 6.75. The maximum atomic E-state index is 12.6. The number of primary amides is 1. The van der Waals surface area contributed by atoms with Gasteiger partial charge >= 0.3 is 6.03 Å². The van der Waals surface area contributed by atoms with Crippen LogP contribution in [0.3, 0.4) is 0 Å². The van der Waals surface area contributed by atoms with Crippen LogP contribution in [0.4, 0.5) is 4.79 Å². The molecule has 1 atom stereocenters. The molecule has 4 amide bonds. The summed E-state index contributed by atoms with van der Waals surface area (Å²) < 4.78 is 28.9. The highest BCUT2D eigenvalue weighted by atomic mass is 32.2. The van der Waals surface area contributed by atoms with Gasteiger partial charge in [0.15, 0.2) is 0 Å². The largest absolute Gasteiger partial charge is 0.351 e. The second-order valence-electron chi connectivity index (χ2n) is 7.63. The van der Waals surface area contributed by atoms with Gasteiger partial charge in [0, 0.05) is 25.2 Å².